The molecule has 2 heterocycles. The molecule has 4 rings (SSSR count). The lowest BCUT2D eigenvalue weighted by Gasteiger charge is -2.32. The van der Waals surface area contributed by atoms with Crippen LogP contribution in [0, 0.1) is 13.8 Å². The smallest absolute Gasteiger partial charge is 0.257 e. The number of ether oxygens (including phenoxy) is 1. The highest BCUT2D eigenvalue weighted by molar-refractivity contribution is 6.31. The van der Waals surface area contributed by atoms with Gasteiger partial charge < -0.3 is 14.6 Å². The number of hydrogen-bond acceptors (Lipinski definition) is 2. The second-order valence-corrected chi connectivity index (χ2v) is 8.06. The number of H-pyrrole nitrogens is 1. The van der Waals surface area contributed by atoms with E-state index in [1.54, 1.807) is 25.3 Å². The fourth-order valence-electron chi connectivity index (χ4n) is 4.26. The number of likely N-dealkylation sites (tertiary alicyclic amines) is 1. The molecule has 5 heteroatoms. The van der Waals surface area contributed by atoms with E-state index in [2.05, 4.69) is 37.0 Å². The fourth-order valence-corrected chi connectivity index (χ4v) is 4.43. The summed E-state index contributed by atoms with van der Waals surface area (Å²) in [6.07, 6.45) is 1.89. The Bertz CT molecular complexity index is 1030. The summed E-state index contributed by atoms with van der Waals surface area (Å²) in [5.41, 5.74) is 5.65. The van der Waals surface area contributed by atoms with Crippen LogP contribution >= 0.6 is 11.6 Å². The van der Waals surface area contributed by atoms with E-state index < -0.39 is 0 Å². The third-order valence-electron chi connectivity index (χ3n) is 5.83. The number of piperidine rings is 1. The number of carbonyl (C=O) groups excluding carboxylic acids is 1. The summed E-state index contributed by atoms with van der Waals surface area (Å²) in [4.78, 5) is 18.5. The molecule has 4 nitrogen and oxygen atoms in total. The molecule has 1 aliphatic rings. The van der Waals surface area contributed by atoms with Gasteiger partial charge in [-0.1, -0.05) is 23.2 Å². The van der Waals surface area contributed by atoms with Crippen molar-refractivity contribution in [1.29, 1.82) is 0 Å². The van der Waals surface area contributed by atoms with Gasteiger partial charge in [-0.2, -0.15) is 0 Å². The fraction of sp³-hybridized carbons (Fsp3) is 0.348. The quantitative estimate of drug-likeness (QED) is 0.638. The van der Waals surface area contributed by atoms with Crippen molar-refractivity contribution in [2.24, 2.45) is 0 Å². The number of hydrogen-bond donors (Lipinski definition) is 1. The Hall–Kier alpha value is -2.46. The van der Waals surface area contributed by atoms with E-state index in [4.69, 9.17) is 16.3 Å². The topological polar surface area (TPSA) is 45.3 Å². The van der Waals surface area contributed by atoms with E-state index >= 15 is 0 Å². The molecule has 146 valence electrons. The zero-order valence-electron chi connectivity index (χ0n) is 16.5. The van der Waals surface area contributed by atoms with Crippen LogP contribution < -0.4 is 4.74 Å². The molecule has 0 unspecified atom stereocenters. The van der Waals surface area contributed by atoms with Gasteiger partial charge >= 0.3 is 0 Å². The second kappa shape index (κ2) is 7.51. The number of halogens is 1. The van der Waals surface area contributed by atoms with Crippen LogP contribution in [0.2, 0.25) is 5.02 Å². The molecule has 0 saturated carbocycles. The summed E-state index contributed by atoms with van der Waals surface area (Å²) in [5.74, 6) is 0.998. The first kappa shape index (κ1) is 18.9. The zero-order chi connectivity index (χ0) is 19.8. The third kappa shape index (κ3) is 3.37. The highest BCUT2D eigenvalue weighted by Crippen LogP contribution is 2.34. The van der Waals surface area contributed by atoms with Crippen molar-refractivity contribution in [1.82, 2.24) is 9.88 Å². The summed E-state index contributed by atoms with van der Waals surface area (Å²) in [5, 5.41) is 1.85. The van der Waals surface area contributed by atoms with Gasteiger partial charge in [0.05, 0.1) is 12.7 Å². The van der Waals surface area contributed by atoms with Crippen LogP contribution in [-0.4, -0.2) is 36.0 Å². The van der Waals surface area contributed by atoms with Crippen LogP contribution in [0.4, 0.5) is 0 Å². The maximum Gasteiger partial charge on any atom is 0.257 e. The molecule has 0 spiro atoms. The van der Waals surface area contributed by atoms with Gasteiger partial charge in [0.25, 0.3) is 5.91 Å². The van der Waals surface area contributed by atoms with Crippen molar-refractivity contribution >= 4 is 28.4 Å². The number of rotatable bonds is 3. The molecular weight excluding hydrogens is 372 g/mol. The van der Waals surface area contributed by atoms with E-state index in [1.165, 1.54) is 27.7 Å². The number of methoxy groups -OCH3 is 1. The number of nitrogens with one attached hydrogen (secondary N) is 1. The third-order valence-corrected chi connectivity index (χ3v) is 6.07. The van der Waals surface area contributed by atoms with Gasteiger partial charge in [-0.3, -0.25) is 4.79 Å². The average Bonchev–Trinajstić information content (AvgIpc) is 3.03. The summed E-state index contributed by atoms with van der Waals surface area (Å²) in [6.45, 7) is 5.78. The van der Waals surface area contributed by atoms with Crippen molar-refractivity contribution in [3.63, 3.8) is 0 Å². The summed E-state index contributed by atoms with van der Waals surface area (Å²) in [6, 6.07) is 11.7. The van der Waals surface area contributed by atoms with Crippen LogP contribution in [0.1, 0.15) is 45.9 Å². The van der Waals surface area contributed by atoms with Crippen molar-refractivity contribution in [3.05, 3.63) is 63.8 Å². The van der Waals surface area contributed by atoms with Crippen LogP contribution in [0.25, 0.3) is 10.9 Å². The Morgan fingerprint density at radius 1 is 1.14 bits per heavy atom. The Morgan fingerprint density at radius 3 is 2.61 bits per heavy atom. The number of benzene rings is 2. The molecule has 1 N–H and O–H groups in total. The van der Waals surface area contributed by atoms with Crippen molar-refractivity contribution in [2.45, 2.75) is 32.6 Å². The largest absolute Gasteiger partial charge is 0.496 e. The normalized spacial score (nSPS) is 15.2. The monoisotopic (exact) mass is 396 g/mol. The molecule has 0 atom stereocenters. The van der Waals surface area contributed by atoms with Gasteiger partial charge in [-0.05, 0) is 62.6 Å². The molecule has 28 heavy (non-hydrogen) atoms. The van der Waals surface area contributed by atoms with Crippen molar-refractivity contribution in [2.75, 3.05) is 20.2 Å². The van der Waals surface area contributed by atoms with Crippen LogP contribution in [-0.2, 0) is 0 Å². The zero-order valence-corrected chi connectivity index (χ0v) is 17.3. The molecule has 1 aliphatic heterocycles. The lowest BCUT2D eigenvalue weighted by molar-refractivity contribution is 0.0708. The number of aromatic amines is 1. The number of amides is 1. The van der Waals surface area contributed by atoms with Crippen LogP contribution in [0.5, 0.6) is 5.75 Å². The van der Waals surface area contributed by atoms with E-state index in [9.17, 15) is 4.79 Å². The Morgan fingerprint density at radius 2 is 1.89 bits per heavy atom. The number of fused-ring (bicyclic) bond motifs is 1. The molecule has 3 aromatic rings. The van der Waals surface area contributed by atoms with E-state index in [-0.39, 0.29) is 5.91 Å². The summed E-state index contributed by atoms with van der Waals surface area (Å²) in [7, 11) is 1.58. The first-order valence-corrected chi connectivity index (χ1v) is 10.1. The van der Waals surface area contributed by atoms with Gasteiger partial charge in [0, 0.05) is 40.6 Å². The Kier molecular flexibility index (Phi) is 5.07. The minimum atomic E-state index is -0.0122. The highest BCUT2D eigenvalue weighted by Gasteiger charge is 2.28. The van der Waals surface area contributed by atoms with E-state index in [0.717, 1.165) is 25.9 Å². The van der Waals surface area contributed by atoms with Crippen molar-refractivity contribution < 1.29 is 9.53 Å². The maximum absolute atomic E-state index is 13.0. The van der Waals surface area contributed by atoms with Crippen LogP contribution in [0.15, 0.2) is 36.4 Å². The lowest BCUT2D eigenvalue weighted by Crippen LogP contribution is -2.38. The summed E-state index contributed by atoms with van der Waals surface area (Å²) >= 11 is 6.10. The first-order chi connectivity index (χ1) is 13.5. The minimum Gasteiger partial charge on any atom is -0.496 e. The molecule has 2 aromatic carbocycles. The van der Waals surface area contributed by atoms with Gasteiger partial charge in [0.15, 0.2) is 0 Å². The van der Waals surface area contributed by atoms with Crippen molar-refractivity contribution in [3.8, 4) is 5.75 Å². The second-order valence-electron chi connectivity index (χ2n) is 7.62. The SMILES string of the molecule is COc1ccc(Cl)cc1C(=O)N1CCC(c2[nH]c3ccc(C)cc3c2C)CC1. The first-order valence-electron chi connectivity index (χ1n) is 9.69. The van der Waals surface area contributed by atoms with Gasteiger partial charge in [0.1, 0.15) is 5.75 Å². The predicted octanol–water partition coefficient (Wildman–Crippen LogP) is 5.47. The predicted molar refractivity (Wildman–Crippen MR) is 114 cm³/mol. The average molecular weight is 397 g/mol. The van der Waals surface area contributed by atoms with E-state index in [0.29, 0.717) is 22.3 Å². The Balaban J connectivity index is 1.52. The summed E-state index contributed by atoms with van der Waals surface area (Å²) < 4.78 is 5.35. The molecule has 1 saturated heterocycles. The number of aromatic nitrogens is 1. The lowest BCUT2D eigenvalue weighted by atomic mass is 9.91. The molecule has 0 radical (unpaired) electrons. The van der Waals surface area contributed by atoms with Gasteiger partial charge in [-0.25, -0.2) is 0 Å². The molecule has 1 aromatic heterocycles. The molecule has 1 fully saturated rings. The molecular formula is C23H25ClN2O2. The maximum atomic E-state index is 13.0. The minimum absolute atomic E-state index is 0.0122. The molecule has 0 aliphatic carbocycles. The van der Waals surface area contributed by atoms with E-state index in [1.807, 2.05) is 4.90 Å². The molecule has 0 bridgehead atoms. The van der Waals surface area contributed by atoms with Gasteiger partial charge in [-0.15, -0.1) is 0 Å². The number of aryl methyl sites for hydroxylation is 2. The van der Waals surface area contributed by atoms with Gasteiger partial charge in [0.2, 0.25) is 0 Å². The standard InChI is InChI=1S/C23H25ClN2O2/c1-14-4-6-20-18(12-14)15(2)22(25-20)16-8-10-26(11-9-16)23(27)19-13-17(24)5-7-21(19)28-3/h4-7,12-13,16,25H,8-11H2,1-3H3. The number of nitrogens with zero attached hydrogens (tertiary/aromatic N) is 1. The van der Waals surface area contributed by atoms with Crippen LogP contribution in [0.3, 0.4) is 0 Å². The number of carbonyl (C=O) groups is 1. The highest BCUT2D eigenvalue weighted by atomic mass is 35.5. The molecule has 1 amide bonds. The Labute approximate surface area is 170 Å².